The van der Waals surface area contributed by atoms with Crippen LogP contribution in [0.3, 0.4) is 0 Å². The van der Waals surface area contributed by atoms with Crippen molar-refractivity contribution in [1.82, 2.24) is 10.3 Å². The minimum absolute atomic E-state index is 0.0858. The maximum atomic E-state index is 13.3. The summed E-state index contributed by atoms with van der Waals surface area (Å²) in [6.45, 7) is 5.22. The summed E-state index contributed by atoms with van der Waals surface area (Å²) in [5.74, 6) is 0.566. The number of rotatable bonds is 5. The van der Waals surface area contributed by atoms with Crippen LogP contribution in [0.4, 0.5) is 15.9 Å². The van der Waals surface area contributed by atoms with Crippen LogP contribution in [0.2, 0.25) is 0 Å². The number of hydrogen-bond acceptors (Lipinski definition) is 4. The Kier molecular flexibility index (Phi) is 6.12. The van der Waals surface area contributed by atoms with Crippen LogP contribution in [-0.2, 0) is 0 Å². The van der Waals surface area contributed by atoms with E-state index in [1.165, 1.54) is 12.1 Å². The van der Waals surface area contributed by atoms with Crippen LogP contribution >= 0.6 is 0 Å². The monoisotopic (exact) mass is 454 g/mol. The molecule has 4 aromatic rings. The van der Waals surface area contributed by atoms with Crippen molar-refractivity contribution in [3.05, 3.63) is 102 Å². The second kappa shape index (κ2) is 9.51. The molecule has 1 aromatic heterocycles. The van der Waals surface area contributed by atoms with Gasteiger partial charge in [-0.05, 0) is 60.3 Å². The fraction of sp³-hybridized carbons (Fsp3) is 0.214. The average Bonchev–Trinajstić information content (AvgIpc) is 2.89. The molecule has 1 atom stereocenters. The van der Waals surface area contributed by atoms with Crippen LogP contribution in [-0.4, -0.2) is 37.1 Å². The van der Waals surface area contributed by atoms with Crippen molar-refractivity contribution in [3.8, 4) is 0 Å². The van der Waals surface area contributed by atoms with Crippen molar-refractivity contribution < 1.29 is 9.18 Å². The third kappa shape index (κ3) is 4.57. The van der Waals surface area contributed by atoms with Gasteiger partial charge in [-0.25, -0.2) is 9.37 Å². The molecule has 34 heavy (non-hydrogen) atoms. The van der Waals surface area contributed by atoms with Crippen LogP contribution in [0.25, 0.3) is 10.8 Å². The first-order chi connectivity index (χ1) is 16.6. The number of benzene rings is 3. The van der Waals surface area contributed by atoms with E-state index < -0.39 is 0 Å². The van der Waals surface area contributed by atoms with Crippen molar-refractivity contribution in [2.45, 2.75) is 13.0 Å². The maximum absolute atomic E-state index is 13.3. The first-order valence-corrected chi connectivity index (χ1v) is 11.6. The second-order valence-corrected chi connectivity index (χ2v) is 8.63. The smallest absolute Gasteiger partial charge is 0.251 e. The molecular formula is C28H27FN4O. The molecule has 0 saturated carbocycles. The molecule has 1 aliphatic rings. The number of nitrogens with zero attached hydrogens (tertiary/aromatic N) is 3. The molecule has 3 aromatic carbocycles. The largest absolute Gasteiger partial charge is 0.368 e. The Hall–Kier alpha value is -3.93. The summed E-state index contributed by atoms with van der Waals surface area (Å²) >= 11 is 0. The first-order valence-electron chi connectivity index (χ1n) is 11.6. The molecule has 0 radical (unpaired) electrons. The van der Waals surface area contributed by atoms with Crippen LogP contribution in [0.15, 0.2) is 85.1 Å². The minimum Gasteiger partial charge on any atom is -0.368 e. The topological polar surface area (TPSA) is 48.5 Å². The Labute approximate surface area is 198 Å². The fourth-order valence-corrected chi connectivity index (χ4v) is 4.48. The Morgan fingerprint density at radius 2 is 1.62 bits per heavy atom. The zero-order valence-corrected chi connectivity index (χ0v) is 19.1. The summed E-state index contributed by atoms with van der Waals surface area (Å²) in [5, 5.41) is 5.12. The molecule has 1 saturated heterocycles. The number of carbonyl (C=O) groups excluding carboxylic acids is 1. The fourth-order valence-electron chi connectivity index (χ4n) is 4.48. The Balaban J connectivity index is 1.34. The van der Waals surface area contributed by atoms with Crippen molar-refractivity contribution in [3.63, 3.8) is 0 Å². The van der Waals surface area contributed by atoms with E-state index in [1.807, 2.05) is 79.9 Å². The molecular weight excluding hydrogens is 427 g/mol. The highest BCUT2D eigenvalue weighted by atomic mass is 19.1. The van der Waals surface area contributed by atoms with Crippen molar-refractivity contribution in [1.29, 1.82) is 0 Å². The lowest BCUT2D eigenvalue weighted by Gasteiger charge is -2.37. The molecule has 5 nitrogen and oxygen atoms in total. The van der Waals surface area contributed by atoms with Crippen molar-refractivity contribution in [2.75, 3.05) is 36.0 Å². The first kappa shape index (κ1) is 21.9. The van der Waals surface area contributed by atoms with Gasteiger partial charge in [0.1, 0.15) is 11.6 Å². The van der Waals surface area contributed by atoms with E-state index in [2.05, 4.69) is 20.1 Å². The number of pyridine rings is 1. The average molecular weight is 455 g/mol. The number of amides is 1. The molecule has 172 valence electrons. The van der Waals surface area contributed by atoms with E-state index in [9.17, 15) is 9.18 Å². The van der Waals surface area contributed by atoms with Gasteiger partial charge in [0.25, 0.3) is 5.91 Å². The predicted octanol–water partition coefficient (Wildman–Crippen LogP) is 5.19. The summed E-state index contributed by atoms with van der Waals surface area (Å²) in [7, 11) is 0. The Bertz CT molecular complexity index is 1290. The van der Waals surface area contributed by atoms with Crippen LogP contribution < -0.4 is 15.1 Å². The van der Waals surface area contributed by atoms with Crippen LogP contribution in [0, 0.1) is 5.82 Å². The second-order valence-electron chi connectivity index (χ2n) is 8.63. The summed E-state index contributed by atoms with van der Waals surface area (Å²) in [6, 6.07) is 24.3. The van der Waals surface area contributed by atoms with Crippen LogP contribution in [0.1, 0.15) is 28.9 Å². The van der Waals surface area contributed by atoms with E-state index in [4.69, 9.17) is 0 Å². The number of nitrogens with one attached hydrogen (secondary N) is 1. The van der Waals surface area contributed by atoms with Gasteiger partial charge >= 0.3 is 0 Å². The number of aromatic nitrogens is 1. The molecule has 2 heterocycles. The molecule has 0 aliphatic carbocycles. The van der Waals surface area contributed by atoms with Crippen molar-refractivity contribution in [2.24, 2.45) is 0 Å². The van der Waals surface area contributed by atoms with Gasteiger partial charge in [0.05, 0.1) is 6.04 Å². The Morgan fingerprint density at radius 1 is 0.912 bits per heavy atom. The number of fused-ring (bicyclic) bond motifs is 1. The van der Waals surface area contributed by atoms with E-state index in [-0.39, 0.29) is 17.8 Å². The normalized spacial score (nSPS) is 14.8. The highest BCUT2D eigenvalue weighted by Crippen LogP contribution is 2.28. The molecule has 0 bridgehead atoms. The highest BCUT2D eigenvalue weighted by molar-refractivity contribution is 6.01. The number of piperazine rings is 1. The Morgan fingerprint density at radius 3 is 2.35 bits per heavy atom. The third-order valence-corrected chi connectivity index (χ3v) is 6.43. The standard InChI is InChI=1S/C28H27FN4O/c1-20(21-5-3-2-4-6-21)31-28(34)23-8-7-22-13-14-30-27(26(22)19-23)33-17-15-32(16-18-33)25-11-9-24(29)10-12-25/h2-14,19-20H,15-18H2,1H3,(H,31,34). The van der Waals surface area contributed by atoms with Gasteiger partial charge in [-0.3, -0.25) is 4.79 Å². The maximum Gasteiger partial charge on any atom is 0.251 e. The number of halogens is 1. The van der Waals surface area contributed by atoms with E-state index in [1.54, 1.807) is 0 Å². The van der Waals surface area contributed by atoms with Crippen LogP contribution in [0.5, 0.6) is 0 Å². The van der Waals surface area contributed by atoms with Gasteiger partial charge in [-0.1, -0.05) is 36.4 Å². The lowest BCUT2D eigenvalue weighted by molar-refractivity contribution is 0.0940. The number of anilines is 2. The molecule has 1 amide bonds. The highest BCUT2D eigenvalue weighted by Gasteiger charge is 2.21. The molecule has 1 N–H and O–H groups in total. The minimum atomic E-state index is -0.222. The molecule has 0 spiro atoms. The zero-order chi connectivity index (χ0) is 23.5. The molecule has 5 rings (SSSR count). The zero-order valence-electron chi connectivity index (χ0n) is 19.1. The third-order valence-electron chi connectivity index (χ3n) is 6.43. The lowest BCUT2D eigenvalue weighted by atomic mass is 10.1. The van der Waals surface area contributed by atoms with E-state index in [0.717, 1.165) is 54.0 Å². The molecule has 6 heteroatoms. The number of hydrogen-bond donors (Lipinski definition) is 1. The summed E-state index contributed by atoms with van der Waals surface area (Å²) < 4.78 is 13.3. The molecule has 1 unspecified atom stereocenters. The van der Waals surface area contributed by atoms with E-state index >= 15 is 0 Å². The van der Waals surface area contributed by atoms with Gasteiger partial charge in [0.15, 0.2) is 0 Å². The van der Waals surface area contributed by atoms with Gasteiger partial charge in [-0.2, -0.15) is 0 Å². The van der Waals surface area contributed by atoms with Gasteiger partial charge < -0.3 is 15.1 Å². The van der Waals surface area contributed by atoms with Gasteiger partial charge in [0, 0.05) is 49.0 Å². The summed E-state index contributed by atoms with van der Waals surface area (Å²) in [6.07, 6.45) is 1.82. The quantitative estimate of drug-likeness (QED) is 0.451. The SMILES string of the molecule is CC(NC(=O)c1ccc2ccnc(N3CCN(c4ccc(F)cc4)CC3)c2c1)c1ccccc1. The summed E-state index contributed by atoms with van der Waals surface area (Å²) in [4.78, 5) is 22.2. The lowest BCUT2D eigenvalue weighted by Crippen LogP contribution is -2.46. The predicted molar refractivity (Wildman–Crippen MR) is 135 cm³/mol. The summed E-state index contributed by atoms with van der Waals surface area (Å²) in [5.41, 5.74) is 2.71. The molecule has 1 fully saturated rings. The molecule has 1 aliphatic heterocycles. The van der Waals surface area contributed by atoms with Crippen molar-refractivity contribution >= 4 is 28.2 Å². The number of carbonyl (C=O) groups is 1. The van der Waals surface area contributed by atoms with Gasteiger partial charge in [-0.15, -0.1) is 0 Å². The van der Waals surface area contributed by atoms with Gasteiger partial charge in [0.2, 0.25) is 0 Å². The van der Waals surface area contributed by atoms with E-state index in [0.29, 0.717) is 5.56 Å².